The lowest BCUT2D eigenvalue weighted by atomic mass is 9.94. The fraction of sp³-hybridized carbons (Fsp3) is 0.524. The van der Waals surface area contributed by atoms with E-state index in [0.29, 0.717) is 0 Å². The summed E-state index contributed by atoms with van der Waals surface area (Å²) in [5.74, 6) is 0.908. The number of nitrogens with one attached hydrogen (secondary N) is 1. The number of benzene rings is 1. The Balaban J connectivity index is 0.00000280. The molecule has 1 aliphatic rings. The van der Waals surface area contributed by atoms with Crippen molar-refractivity contribution in [2.45, 2.75) is 45.8 Å². The van der Waals surface area contributed by atoms with Crippen LogP contribution in [0.2, 0.25) is 0 Å². The van der Waals surface area contributed by atoms with Gasteiger partial charge < -0.3 is 10.2 Å². The molecule has 2 aromatic rings. The van der Waals surface area contributed by atoms with Crippen LogP contribution < -0.4 is 5.32 Å². The molecular formula is C21H32IN5S. The van der Waals surface area contributed by atoms with E-state index in [0.717, 1.165) is 49.3 Å². The molecule has 0 atom stereocenters. The van der Waals surface area contributed by atoms with Crippen LogP contribution in [-0.2, 0) is 19.5 Å². The molecule has 1 aliphatic heterocycles. The molecule has 0 fully saturated rings. The number of thiazole rings is 1. The third-order valence-corrected chi connectivity index (χ3v) is 6.13. The molecule has 1 aromatic carbocycles. The second-order valence-corrected chi connectivity index (χ2v) is 8.93. The first-order valence-electron chi connectivity index (χ1n) is 9.53. The highest BCUT2D eigenvalue weighted by atomic mass is 127. The predicted octanol–water partition coefficient (Wildman–Crippen LogP) is 3.91. The van der Waals surface area contributed by atoms with Gasteiger partial charge >= 0.3 is 0 Å². The Labute approximate surface area is 190 Å². The van der Waals surface area contributed by atoms with E-state index in [1.165, 1.54) is 11.1 Å². The predicted molar refractivity (Wildman–Crippen MR) is 130 cm³/mol. The summed E-state index contributed by atoms with van der Waals surface area (Å²) in [5.41, 5.74) is 4.08. The van der Waals surface area contributed by atoms with Gasteiger partial charge in [0.25, 0.3) is 0 Å². The first-order valence-corrected chi connectivity index (χ1v) is 10.4. The van der Waals surface area contributed by atoms with Gasteiger partial charge in [-0.3, -0.25) is 9.89 Å². The molecular weight excluding hydrogens is 481 g/mol. The Morgan fingerprint density at radius 3 is 2.68 bits per heavy atom. The molecule has 0 radical (unpaired) electrons. The van der Waals surface area contributed by atoms with Gasteiger partial charge in [-0.15, -0.1) is 35.3 Å². The Kier molecular flexibility index (Phi) is 8.27. The molecule has 1 aromatic heterocycles. The summed E-state index contributed by atoms with van der Waals surface area (Å²) in [4.78, 5) is 13.7. The number of nitrogens with zero attached hydrogens (tertiary/aromatic N) is 4. The van der Waals surface area contributed by atoms with Crippen LogP contribution in [0, 0.1) is 6.92 Å². The Hall–Kier alpha value is -1.19. The highest BCUT2D eigenvalue weighted by Gasteiger charge is 2.30. The molecule has 5 nitrogen and oxygen atoms in total. The zero-order valence-corrected chi connectivity index (χ0v) is 20.7. The molecule has 1 N–H and O–H groups in total. The maximum atomic E-state index is 4.56. The van der Waals surface area contributed by atoms with Crippen LogP contribution >= 0.6 is 35.3 Å². The van der Waals surface area contributed by atoms with E-state index in [9.17, 15) is 0 Å². The van der Waals surface area contributed by atoms with Crippen LogP contribution in [0.15, 0.2) is 34.6 Å². The summed E-state index contributed by atoms with van der Waals surface area (Å²) in [6.45, 7) is 10.4. The fourth-order valence-corrected chi connectivity index (χ4v) is 4.21. The lowest BCUT2D eigenvalue weighted by molar-refractivity contribution is 0.106. The quantitative estimate of drug-likeness (QED) is 0.374. The third-order valence-electron chi connectivity index (χ3n) is 5.30. The summed E-state index contributed by atoms with van der Waals surface area (Å²) in [6, 6.07) is 8.80. The summed E-state index contributed by atoms with van der Waals surface area (Å²) >= 11 is 1.69. The number of aryl methyl sites for hydroxylation is 1. The first-order chi connectivity index (χ1) is 12.9. The minimum Gasteiger partial charge on any atom is -0.354 e. The average molecular weight is 513 g/mol. The Morgan fingerprint density at radius 2 is 2.04 bits per heavy atom. The zero-order valence-electron chi connectivity index (χ0n) is 17.5. The van der Waals surface area contributed by atoms with Crippen molar-refractivity contribution in [3.63, 3.8) is 0 Å². The molecule has 3 rings (SSSR count). The molecule has 0 spiro atoms. The number of rotatable bonds is 5. The summed E-state index contributed by atoms with van der Waals surface area (Å²) in [6.07, 6.45) is 1.12. The van der Waals surface area contributed by atoms with Crippen molar-refractivity contribution in [3.05, 3.63) is 51.5 Å². The number of hydrogen-bond acceptors (Lipinski definition) is 4. The van der Waals surface area contributed by atoms with Crippen molar-refractivity contribution in [1.29, 1.82) is 0 Å². The second-order valence-electron chi connectivity index (χ2n) is 7.87. The molecule has 0 unspecified atom stereocenters. The van der Waals surface area contributed by atoms with Gasteiger partial charge in [0, 0.05) is 44.6 Å². The minimum atomic E-state index is 0. The lowest BCUT2D eigenvalue weighted by Gasteiger charge is -2.42. The van der Waals surface area contributed by atoms with E-state index in [1.54, 1.807) is 11.3 Å². The van der Waals surface area contributed by atoms with Crippen molar-refractivity contribution in [2.24, 2.45) is 4.99 Å². The molecule has 7 heteroatoms. The molecule has 0 bridgehead atoms. The molecule has 0 saturated carbocycles. The largest absolute Gasteiger partial charge is 0.354 e. The van der Waals surface area contributed by atoms with Crippen LogP contribution in [0.25, 0.3) is 0 Å². The normalized spacial score (nSPS) is 15.0. The van der Waals surface area contributed by atoms with E-state index >= 15 is 0 Å². The van der Waals surface area contributed by atoms with Gasteiger partial charge in [-0.1, -0.05) is 24.3 Å². The number of hydrogen-bond donors (Lipinski definition) is 1. The maximum Gasteiger partial charge on any atom is 0.193 e. The minimum absolute atomic E-state index is 0. The average Bonchev–Trinajstić information content (AvgIpc) is 3.06. The number of guanidine groups is 1. The van der Waals surface area contributed by atoms with Gasteiger partial charge in [0.15, 0.2) is 5.96 Å². The summed E-state index contributed by atoms with van der Waals surface area (Å²) in [5, 5.41) is 6.79. The van der Waals surface area contributed by atoms with Crippen molar-refractivity contribution in [1.82, 2.24) is 20.1 Å². The molecule has 154 valence electrons. The lowest BCUT2D eigenvalue weighted by Crippen LogP contribution is -2.54. The van der Waals surface area contributed by atoms with Gasteiger partial charge in [0.1, 0.15) is 0 Å². The standard InChI is InChI=1S/C21H31N5S.HI/c1-16-24-19(14-27-16)13-25(5)20(22-4)23-15-21(2,3)26-11-10-17-8-6-7-9-18(17)12-26;/h6-9,14H,10-13,15H2,1-5H3,(H,22,23);1H. The highest BCUT2D eigenvalue weighted by molar-refractivity contribution is 14.0. The third kappa shape index (κ3) is 5.67. The van der Waals surface area contributed by atoms with E-state index in [4.69, 9.17) is 0 Å². The van der Waals surface area contributed by atoms with Crippen molar-refractivity contribution in [2.75, 3.05) is 27.2 Å². The molecule has 0 aliphatic carbocycles. The molecule has 0 saturated heterocycles. The van der Waals surface area contributed by atoms with E-state index < -0.39 is 0 Å². The molecule has 28 heavy (non-hydrogen) atoms. The van der Waals surface area contributed by atoms with Gasteiger partial charge in [0.05, 0.1) is 17.2 Å². The van der Waals surface area contributed by atoms with Crippen LogP contribution in [0.5, 0.6) is 0 Å². The maximum absolute atomic E-state index is 4.56. The van der Waals surface area contributed by atoms with Crippen LogP contribution in [-0.4, -0.2) is 53.5 Å². The van der Waals surface area contributed by atoms with Gasteiger partial charge in [-0.05, 0) is 38.3 Å². The molecule has 2 heterocycles. The van der Waals surface area contributed by atoms with E-state index in [2.05, 4.69) is 75.6 Å². The number of fused-ring (bicyclic) bond motifs is 1. The Bertz CT molecular complexity index is 802. The summed E-state index contributed by atoms with van der Waals surface area (Å²) < 4.78 is 0. The van der Waals surface area contributed by atoms with Crippen LogP contribution in [0.4, 0.5) is 0 Å². The van der Waals surface area contributed by atoms with E-state index in [1.807, 2.05) is 14.0 Å². The van der Waals surface area contributed by atoms with Gasteiger partial charge in [0.2, 0.25) is 0 Å². The summed E-state index contributed by atoms with van der Waals surface area (Å²) in [7, 11) is 3.91. The monoisotopic (exact) mass is 513 g/mol. The number of aliphatic imine (C=N–C) groups is 1. The highest BCUT2D eigenvalue weighted by Crippen LogP contribution is 2.25. The fourth-order valence-electron chi connectivity index (χ4n) is 3.60. The number of aromatic nitrogens is 1. The SMILES string of the molecule is CN=C(NCC(C)(C)N1CCc2ccccc2C1)N(C)Cc1csc(C)n1.I. The van der Waals surface area contributed by atoms with Crippen LogP contribution in [0.1, 0.15) is 35.7 Å². The van der Waals surface area contributed by atoms with Crippen molar-refractivity contribution >= 4 is 41.3 Å². The smallest absolute Gasteiger partial charge is 0.193 e. The van der Waals surface area contributed by atoms with Gasteiger partial charge in [-0.2, -0.15) is 0 Å². The molecule has 0 amide bonds. The van der Waals surface area contributed by atoms with E-state index in [-0.39, 0.29) is 29.5 Å². The zero-order chi connectivity index (χ0) is 19.4. The first kappa shape index (κ1) is 23.1. The van der Waals surface area contributed by atoms with Crippen molar-refractivity contribution in [3.8, 4) is 0 Å². The van der Waals surface area contributed by atoms with Gasteiger partial charge in [-0.25, -0.2) is 4.98 Å². The number of halogens is 1. The topological polar surface area (TPSA) is 43.8 Å². The second kappa shape index (κ2) is 10.0. The Morgan fingerprint density at radius 1 is 1.32 bits per heavy atom. The van der Waals surface area contributed by atoms with Crippen LogP contribution in [0.3, 0.4) is 0 Å². The van der Waals surface area contributed by atoms with Crippen molar-refractivity contribution < 1.29 is 0 Å².